The zero-order valence-corrected chi connectivity index (χ0v) is 12.5. The highest BCUT2D eigenvalue weighted by Crippen LogP contribution is 2.22. The molecule has 0 amide bonds. The van der Waals surface area contributed by atoms with E-state index < -0.39 is 14.9 Å². The fraction of sp³-hybridized carbons (Fsp3) is 0. The van der Waals surface area contributed by atoms with Crippen molar-refractivity contribution in [1.29, 1.82) is 0 Å². The van der Waals surface area contributed by atoms with E-state index in [9.17, 15) is 18.5 Å². The average Bonchev–Trinajstić information content (AvgIpc) is 2.94. The van der Waals surface area contributed by atoms with Crippen LogP contribution in [0.2, 0.25) is 0 Å². The maximum Gasteiger partial charge on any atom is 0.269 e. The van der Waals surface area contributed by atoms with E-state index in [1.807, 2.05) is 0 Å². The predicted octanol–water partition coefficient (Wildman–Crippen LogP) is 2.40. The van der Waals surface area contributed by atoms with E-state index in [1.54, 1.807) is 18.2 Å². The van der Waals surface area contributed by atoms with Crippen LogP contribution in [0, 0.1) is 10.1 Å². The van der Waals surface area contributed by atoms with Crippen LogP contribution in [-0.4, -0.2) is 22.1 Å². The molecule has 112 valence electrons. The first-order valence-electron chi connectivity index (χ1n) is 5.95. The van der Waals surface area contributed by atoms with Gasteiger partial charge < -0.3 is 0 Å². The molecule has 1 N–H and O–H groups in total. The smallest absolute Gasteiger partial charge is 0.269 e. The van der Waals surface area contributed by atoms with Crippen LogP contribution in [0.4, 0.5) is 11.4 Å². The Morgan fingerprint density at radius 1 is 1.05 bits per heavy atom. The minimum atomic E-state index is -3.82. The van der Waals surface area contributed by atoms with E-state index in [0.717, 1.165) is 23.9 Å². The van der Waals surface area contributed by atoms with Crippen molar-refractivity contribution in [3.8, 4) is 0 Å². The Labute approximate surface area is 128 Å². The number of sulfonamides is 1. The van der Waals surface area contributed by atoms with Crippen molar-refractivity contribution in [3.05, 3.63) is 52.6 Å². The van der Waals surface area contributed by atoms with Crippen LogP contribution in [0.5, 0.6) is 0 Å². The third kappa shape index (κ3) is 2.73. The van der Waals surface area contributed by atoms with Gasteiger partial charge in [-0.3, -0.25) is 14.8 Å². The quantitative estimate of drug-likeness (QED) is 0.578. The molecule has 0 aliphatic heterocycles. The topological polar surface area (TPSA) is 115 Å². The summed E-state index contributed by atoms with van der Waals surface area (Å²) in [5.74, 6) is 0. The summed E-state index contributed by atoms with van der Waals surface area (Å²) in [4.78, 5) is 9.93. The molecular weight excluding hydrogens is 328 g/mol. The van der Waals surface area contributed by atoms with Gasteiger partial charge in [0.05, 0.1) is 27.2 Å². The third-order valence-electron chi connectivity index (χ3n) is 2.86. The van der Waals surface area contributed by atoms with E-state index in [4.69, 9.17) is 0 Å². The van der Waals surface area contributed by atoms with Crippen molar-refractivity contribution in [2.45, 2.75) is 4.90 Å². The van der Waals surface area contributed by atoms with Crippen LogP contribution in [0.3, 0.4) is 0 Å². The normalized spacial score (nSPS) is 11.5. The second kappa shape index (κ2) is 5.31. The molecule has 1 aromatic heterocycles. The van der Waals surface area contributed by atoms with E-state index >= 15 is 0 Å². The fourth-order valence-corrected chi connectivity index (χ4v) is 3.37. The lowest BCUT2D eigenvalue weighted by atomic mass is 10.3. The molecule has 22 heavy (non-hydrogen) atoms. The Bertz CT molecular complexity index is 951. The number of fused-ring (bicyclic) bond motifs is 1. The summed E-state index contributed by atoms with van der Waals surface area (Å²) in [6, 6.07) is 9.46. The number of aromatic nitrogens is 2. The lowest BCUT2D eigenvalue weighted by molar-refractivity contribution is -0.384. The Kier molecular flexibility index (Phi) is 3.47. The van der Waals surface area contributed by atoms with Gasteiger partial charge >= 0.3 is 0 Å². The molecule has 3 rings (SSSR count). The van der Waals surface area contributed by atoms with E-state index in [-0.39, 0.29) is 10.6 Å². The molecule has 10 heteroatoms. The van der Waals surface area contributed by atoms with Gasteiger partial charge in [0.2, 0.25) is 0 Å². The number of nitrogens with zero attached hydrogens (tertiary/aromatic N) is 3. The summed E-state index contributed by atoms with van der Waals surface area (Å²) in [6.45, 7) is 0. The first kappa shape index (κ1) is 14.4. The summed E-state index contributed by atoms with van der Waals surface area (Å²) < 4.78 is 35.0. The molecule has 0 spiro atoms. The van der Waals surface area contributed by atoms with Crippen molar-refractivity contribution in [3.63, 3.8) is 0 Å². The van der Waals surface area contributed by atoms with Crippen molar-refractivity contribution in [1.82, 2.24) is 8.75 Å². The number of hydrogen-bond donors (Lipinski definition) is 1. The largest absolute Gasteiger partial charge is 0.280 e. The molecule has 3 aromatic rings. The zero-order chi connectivity index (χ0) is 15.7. The first-order valence-corrected chi connectivity index (χ1v) is 8.17. The molecule has 0 radical (unpaired) electrons. The van der Waals surface area contributed by atoms with Crippen LogP contribution in [-0.2, 0) is 10.0 Å². The van der Waals surface area contributed by atoms with Gasteiger partial charge in [-0.15, -0.1) is 0 Å². The highest BCUT2D eigenvalue weighted by atomic mass is 32.2. The zero-order valence-electron chi connectivity index (χ0n) is 10.8. The lowest BCUT2D eigenvalue weighted by Crippen LogP contribution is -2.12. The fourth-order valence-electron chi connectivity index (χ4n) is 1.81. The minimum Gasteiger partial charge on any atom is -0.280 e. The summed E-state index contributed by atoms with van der Waals surface area (Å²) in [7, 11) is -3.82. The van der Waals surface area contributed by atoms with Gasteiger partial charge in [0.25, 0.3) is 15.7 Å². The Balaban J connectivity index is 1.90. The summed E-state index contributed by atoms with van der Waals surface area (Å²) in [5, 5.41) is 10.6. The van der Waals surface area contributed by atoms with Crippen LogP contribution < -0.4 is 4.72 Å². The van der Waals surface area contributed by atoms with E-state index in [2.05, 4.69) is 13.5 Å². The third-order valence-corrected chi connectivity index (χ3v) is 4.82. The van der Waals surface area contributed by atoms with Crippen LogP contribution in [0.25, 0.3) is 11.0 Å². The standard InChI is InChI=1S/C12H8N4O4S2/c17-16(18)9-2-4-10(5-3-9)22(19,20)15-8-1-6-11-12(7-8)14-21-13-11/h1-7,15H. The summed E-state index contributed by atoms with van der Waals surface area (Å²) in [6.07, 6.45) is 0. The Hall–Kier alpha value is -2.59. The molecule has 0 saturated heterocycles. The van der Waals surface area contributed by atoms with Gasteiger partial charge in [-0.25, -0.2) is 8.42 Å². The number of nitrogens with one attached hydrogen (secondary N) is 1. The molecule has 0 unspecified atom stereocenters. The van der Waals surface area contributed by atoms with Gasteiger partial charge in [0.15, 0.2) is 0 Å². The molecule has 0 fully saturated rings. The van der Waals surface area contributed by atoms with Gasteiger partial charge in [-0.05, 0) is 30.3 Å². The highest BCUT2D eigenvalue weighted by molar-refractivity contribution is 7.92. The molecule has 0 bridgehead atoms. The number of nitro groups is 1. The average molecular weight is 336 g/mol. The second-order valence-corrected chi connectivity index (χ2v) is 6.54. The van der Waals surface area contributed by atoms with Crippen molar-refractivity contribution in [2.75, 3.05) is 4.72 Å². The SMILES string of the molecule is O=[N+]([O-])c1ccc(S(=O)(=O)Nc2ccc3nsnc3c2)cc1. The molecule has 2 aromatic carbocycles. The molecule has 1 heterocycles. The van der Waals surface area contributed by atoms with Crippen LogP contribution >= 0.6 is 11.7 Å². The van der Waals surface area contributed by atoms with Crippen LogP contribution in [0.15, 0.2) is 47.4 Å². The van der Waals surface area contributed by atoms with Gasteiger partial charge in [0, 0.05) is 12.1 Å². The van der Waals surface area contributed by atoms with E-state index in [1.165, 1.54) is 12.1 Å². The molecule has 0 aliphatic carbocycles. The summed E-state index contributed by atoms with van der Waals surface area (Å²) >= 11 is 1.04. The number of anilines is 1. The number of nitro benzene ring substituents is 1. The molecular formula is C12H8N4O4S2. The molecule has 0 aliphatic rings. The van der Waals surface area contributed by atoms with Gasteiger partial charge in [-0.2, -0.15) is 8.75 Å². The molecule has 0 saturated carbocycles. The Morgan fingerprint density at radius 2 is 1.73 bits per heavy atom. The predicted molar refractivity (Wildman–Crippen MR) is 81.3 cm³/mol. The minimum absolute atomic E-state index is 0.0606. The maximum atomic E-state index is 12.2. The maximum absolute atomic E-state index is 12.2. The number of benzene rings is 2. The molecule has 8 nitrogen and oxygen atoms in total. The Morgan fingerprint density at radius 3 is 2.41 bits per heavy atom. The van der Waals surface area contributed by atoms with E-state index in [0.29, 0.717) is 16.7 Å². The van der Waals surface area contributed by atoms with Gasteiger partial charge in [0.1, 0.15) is 11.0 Å². The van der Waals surface area contributed by atoms with Gasteiger partial charge in [-0.1, -0.05) is 0 Å². The number of non-ortho nitro benzene ring substituents is 1. The first-order chi connectivity index (χ1) is 10.5. The monoisotopic (exact) mass is 336 g/mol. The van der Waals surface area contributed by atoms with Crippen molar-refractivity contribution < 1.29 is 13.3 Å². The number of hydrogen-bond acceptors (Lipinski definition) is 7. The van der Waals surface area contributed by atoms with Crippen LogP contribution in [0.1, 0.15) is 0 Å². The lowest BCUT2D eigenvalue weighted by Gasteiger charge is -2.07. The molecule has 0 atom stereocenters. The second-order valence-electron chi connectivity index (χ2n) is 4.32. The highest BCUT2D eigenvalue weighted by Gasteiger charge is 2.16. The van der Waals surface area contributed by atoms with Crippen molar-refractivity contribution >= 4 is 44.2 Å². The van der Waals surface area contributed by atoms with Crippen molar-refractivity contribution in [2.24, 2.45) is 0 Å². The summed E-state index contributed by atoms with van der Waals surface area (Å²) in [5.41, 5.74) is 1.45. The number of rotatable bonds is 4.